The average molecular weight is 279 g/mol. The molecule has 0 atom stereocenters. The maximum Gasteiger partial charge on any atom is 0.126 e. The first-order valence-electron chi connectivity index (χ1n) is 6.81. The van der Waals surface area contributed by atoms with E-state index in [0.29, 0.717) is 0 Å². The topological polar surface area (TPSA) is 31.4 Å². The molecule has 0 spiro atoms. The van der Waals surface area contributed by atoms with Crippen LogP contribution in [0.4, 0.5) is 0 Å². The number of pyridine rings is 1. The molecule has 3 aromatic rings. The zero-order chi connectivity index (χ0) is 14.8. The van der Waals surface area contributed by atoms with Crippen LogP contribution in [0.1, 0.15) is 5.56 Å². The lowest BCUT2D eigenvalue weighted by atomic mass is 9.99. The van der Waals surface area contributed by atoms with Gasteiger partial charge in [-0.2, -0.15) is 0 Å². The molecule has 0 aliphatic heterocycles. The third kappa shape index (κ3) is 2.31. The van der Waals surface area contributed by atoms with Crippen LogP contribution in [-0.4, -0.2) is 19.2 Å². The zero-order valence-corrected chi connectivity index (χ0v) is 12.4. The second-order valence-electron chi connectivity index (χ2n) is 4.88. The van der Waals surface area contributed by atoms with Gasteiger partial charge in [0.1, 0.15) is 11.5 Å². The minimum atomic E-state index is 0.766. The van der Waals surface area contributed by atoms with E-state index in [1.165, 1.54) is 5.39 Å². The fourth-order valence-electron chi connectivity index (χ4n) is 2.57. The summed E-state index contributed by atoms with van der Waals surface area (Å²) in [6, 6.07) is 14.2. The monoisotopic (exact) mass is 279 g/mol. The molecule has 106 valence electrons. The van der Waals surface area contributed by atoms with E-state index in [-0.39, 0.29) is 0 Å². The predicted molar refractivity (Wildman–Crippen MR) is 85.0 cm³/mol. The number of ether oxygens (including phenoxy) is 2. The first-order valence-corrected chi connectivity index (χ1v) is 6.81. The minimum Gasteiger partial charge on any atom is -0.497 e. The lowest BCUT2D eigenvalue weighted by Crippen LogP contribution is -1.95. The highest BCUT2D eigenvalue weighted by molar-refractivity contribution is 5.95. The van der Waals surface area contributed by atoms with Crippen molar-refractivity contribution in [3.63, 3.8) is 0 Å². The van der Waals surface area contributed by atoms with E-state index in [1.54, 1.807) is 14.2 Å². The first kappa shape index (κ1) is 13.4. The van der Waals surface area contributed by atoms with Gasteiger partial charge < -0.3 is 9.47 Å². The van der Waals surface area contributed by atoms with Crippen LogP contribution in [0.3, 0.4) is 0 Å². The van der Waals surface area contributed by atoms with E-state index in [0.717, 1.165) is 33.7 Å². The van der Waals surface area contributed by atoms with E-state index in [4.69, 9.17) is 9.47 Å². The molecule has 0 bridgehead atoms. The maximum absolute atomic E-state index is 5.45. The summed E-state index contributed by atoms with van der Waals surface area (Å²) in [5.41, 5.74) is 3.04. The molecule has 21 heavy (non-hydrogen) atoms. The molecular weight excluding hydrogens is 262 g/mol. The quantitative estimate of drug-likeness (QED) is 0.719. The summed E-state index contributed by atoms with van der Waals surface area (Å²) in [5, 5.41) is 2.29. The number of aromatic nitrogens is 1. The third-order valence-electron chi connectivity index (χ3n) is 3.72. The van der Waals surface area contributed by atoms with Crippen molar-refractivity contribution >= 4 is 10.8 Å². The highest BCUT2D eigenvalue weighted by Crippen LogP contribution is 2.36. The molecule has 0 aliphatic rings. The summed E-state index contributed by atoms with van der Waals surface area (Å²) >= 11 is 0. The zero-order valence-electron chi connectivity index (χ0n) is 12.4. The Balaban J connectivity index is 2.32. The number of rotatable bonds is 3. The van der Waals surface area contributed by atoms with Gasteiger partial charge in [0.25, 0.3) is 0 Å². The number of methoxy groups -OCH3 is 2. The number of nitrogens with zero attached hydrogens (tertiary/aromatic N) is 1. The van der Waals surface area contributed by atoms with E-state index in [2.05, 4.69) is 17.1 Å². The number of hydrogen-bond donors (Lipinski definition) is 0. The summed E-state index contributed by atoms with van der Waals surface area (Å²) in [7, 11) is 3.33. The molecule has 0 saturated carbocycles. The van der Waals surface area contributed by atoms with Crippen LogP contribution in [0.5, 0.6) is 11.5 Å². The van der Waals surface area contributed by atoms with Gasteiger partial charge in [-0.05, 0) is 24.4 Å². The van der Waals surface area contributed by atoms with Gasteiger partial charge >= 0.3 is 0 Å². The molecule has 0 N–H and O–H groups in total. The first-order chi connectivity index (χ1) is 10.2. The smallest absolute Gasteiger partial charge is 0.126 e. The Labute approximate surface area is 124 Å². The van der Waals surface area contributed by atoms with Crippen molar-refractivity contribution in [3.8, 4) is 22.8 Å². The Bertz CT molecular complexity index is 791. The standard InChI is InChI=1S/C18H17NO2/c1-12-16(10-14(20-2)11-17(12)21-3)18-15-7-5-4-6-13(15)8-9-19-18/h4-11H,1-3H3. The van der Waals surface area contributed by atoms with Crippen molar-refractivity contribution in [2.75, 3.05) is 14.2 Å². The van der Waals surface area contributed by atoms with Crippen molar-refractivity contribution in [3.05, 3.63) is 54.2 Å². The van der Waals surface area contributed by atoms with Crippen LogP contribution in [0.15, 0.2) is 48.7 Å². The van der Waals surface area contributed by atoms with Gasteiger partial charge in [-0.3, -0.25) is 4.98 Å². The molecule has 2 aromatic carbocycles. The summed E-state index contributed by atoms with van der Waals surface area (Å²) in [6.07, 6.45) is 1.84. The van der Waals surface area contributed by atoms with Crippen LogP contribution < -0.4 is 9.47 Å². The van der Waals surface area contributed by atoms with Gasteiger partial charge in [-0.25, -0.2) is 0 Å². The van der Waals surface area contributed by atoms with Crippen LogP contribution in [-0.2, 0) is 0 Å². The molecular formula is C18H17NO2. The lowest BCUT2D eigenvalue weighted by Gasteiger charge is -2.14. The van der Waals surface area contributed by atoms with Crippen LogP contribution >= 0.6 is 0 Å². The van der Waals surface area contributed by atoms with E-state index in [9.17, 15) is 0 Å². The van der Waals surface area contributed by atoms with Crippen molar-refractivity contribution in [1.82, 2.24) is 4.98 Å². The Kier molecular flexibility index (Phi) is 3.48. The summed E-state index contributed by atoms with van der Waals surface area (Å²) in [6.45, 7) is 2.04. The number of benzene rings is 2. The molecule has 3 nitrogen and oxygen atoms in total. The number of fused-ring (bicyclic) bond motifs is 1. The summed E-state index contributed by atoms with van der Waals surface area (Å²) < 4.78 is 10.8. The van der Waals surface area contributed by atoms with Crippen LogP contribution in [0.2, 0.25) is 0 Å². The highest BCUT2D eigenvalue weighted by atomic mass is 16.5. The van der Waals surface area contributed by atoms with Gasteiger partial charge in [0.2, 0.25) is 0 Å². The fourth-order valence-corrected chi connectivity index (χ4v) is 2.57. The minimum absolute atomic E-state index is 0.766. The fraction of sp³-hybridized carbons (Fsp3) is 0.167. The Morgan fingerprint density at radius 1 is 0.952 bits per heavy atom. The Hall–Kier alpha value is -2.55. The van der Waals surface area contributed by atoms with Crippen molar-refractivity contribution in [2.45, 2.75) is 6.92 Å². The third-order valence-corrected chi connectivity index (χ3v) is 3.72. The van der Waals surface area contributed by atoms with Crippen LogP contribution in [0, 0.1) is 6.92 Å². The van der Waals surface area contributed by atoms with E-state index in [1.807, 2.05) is 43.5 Å². The molecule has 0 unspecified atom stereocenters. The number of hydrogen-bond acceptors (Lipinski definition) is 3. The molecule has 1 heterocycles. The highest BCUT2D eigenvalue weighted by Gasteiger charge is 2.13. The van der Waals surface area contributed by atoms with Gasteiger partial charge in [0.15, 0.2) is 0 Å². The van der Waals surface area contributed by atoms with Crippen molar-refractivity contribution < 1.29 is 9.47 Å². The van der Waals surface area contributed by atoms with E-state index >= 15 is 0 Å². The molecule has 0 saturated heterocycles. The van der Waals surface area contributed by atoms with Crippen molar-refractivity contribution in [1.29, 1.82) is 0 Å². The Morgan fingerprint density at radius 2 is 1.76 bits per heavy atom. The molecule has 0 amide bonds. The Morgan fingerprint density at radius 3 is 2.52 bits per heavy atom. The second-order valence-corrected chi connectivity index (χ2v) is 4.88. The summed E-state index contributed by atoms with van der Waals surface area (Å²) in [5.74, 6) is 1.57. The second kappa shape index (κ2) is 5.44. The van der Waals surface area contributed by atoms with Crippen LogP contribution in [0.25, 0.3) is 22.0 Å². The van der Waals surface area contributed by atoms with E-state index < -0.39 is 0 Å². The average Bonchev–Trinajstić information content (AvgIpc) is 2.54. The largest absolute Gasteiger partial charge is 0.497 e. The van der Waals surface area contributed by atoms with Gasteiger partial charge in [-0.15, -0.1) is 0 Å². The molecule has 0 aliphatic carbocycles. The normalized spacial score (nSPS) is 10.6. The molecule has 1 aromatic heterocycles. The van der Waals surface area contributed by atoms with Gasteiger partial charge in [0.05, 0.1) is 19.9 Å². The molecule has 0 radical (unpaired) electrons. The lowest BCUT2D eigenvalue weighted by molar-refractivity contribution is 0.392. The molecule has 0 fully saturated rings. The molecule has 3 heteroatoms. The summed E-state index contributed by atoms with van der Waals surface area (Å²) in [4.78, 5) is 4.58. The SMILES string of the molecule is COc1cc(OC)c(C)c(-c2nccc3ccccc23)c1. The molecule has 3 rings (SSSR count). The maximum atomic E-state index is 5.45. The van der Waals surface area contributed by atoms with Gasteiger partial charge in [-0.1, -0.05) is 24.3 Å². The van der Waals surface area contributed by atoms with Gasteiger partial charge in [0, 0.05) is 28.8 Å². The van der Waals surface area contributed by atoms with Crippen molar-refractivity contribution in [2.24, 2.45) is 0 Å². The predicted octanol–water partition coefficient (Wildman–Crippen LogP) is 4.23.